The van der Waals surface area contributed by atoms with Gasteiger partial charge in [-0.05, 0) is 47.5 Å². The monoisotopic (exact) mass is 442 g/mol. The van der Waals surface area contributed by atoms with Crippen LogP contribution >= 0.6 is 0 Å². The van der Waals surface area contributed by atoms with Gasteiger partial charge in [0.15, 0.2) is 0 Å². The summed E-state index contributed by atoms with van der Waals surface area (Å²) in [6, 6.07) is 31.5. The molecule has 4 heterocycles. The normalized spacial score (nSPS) is 14.6. The highest BCUT2D eigenvalue weighted by molar-refractivity contribution is 5.87. The molecule has 0 saturated heterocycles. The third kappa shape index (κ3) is 2.73. The lowest BCUT2D eigenvalue weighted by Crippen LogP contribution is -2.30. The summed E-state index contributed by atoms with van der Waals surface area (Å²) < 4.78 is 7.85. The largest absolute Gasteiger partial charge is 0.419 e. The maximum atomic E-state index is 5.99. The summed E-state index contributed by atoms with van der Waals surface area (Å²) >= 11 is 0. The van der Waals surface area contributed by atoms with E-state index < -0.39 is 0 Å². The van der Waals surface area contributed by atoms with Crippen LogP contribution in [0.15, 0.2) is 97.2 Å². The maximum Gasteiger partial charge on any atom is 0.240 e. The first-order valence-electron chi connectivity index (χ1n) is 11.4. The minimum absolute atomic E-state index is 0.141. The fourth-order valence-corrected chi connectivity index (χ4v) is 5.18. The number of aromatic nitrogens is 3. The van der Waals surface area contributed by atoms with E-state index in [0.29, 0.717) is 11.8 Å². The predicted octanol–water partition coefficient (Wildman–Crippen LogP) is 7.15. The fraction of sp³-hybridized carbons (Fsp3) is 0.103. The first kappa shape index (κ1) is 19.1. The van der Waals surface area contributed by atoms with Crippen molar-refractivity contribution in [1.82, 2.24) is 14.8 Å². The van der Waals surface area contributed by atoms with Gasteiger partial charge in [-0.25, -0.2) is 9.67 Å². The molecule has 5 heteroatoms. The minimum Gasteiger partial charge on any atom is -0.419 e. The van der Waals surface area contributed by atoms with Crippen LogP contribution in [0.4, 0.5) is 17.1 Å². The molecule has 0 fully saturated rings. The van der Waals surface area contributed by atoms with Crippen LogP contribution in [0.1, 0.15) is 25.0 Å². The number of hydrogen-bond acceptors (Lipinski definition) is 4. The lowest BCUT2D eigenvalue weighted by molar-refractivity contribution is 0.440. The first-order chi connectivity index (χ1) is 16.6. The number of hydrogen-bond donors (Lipinski definition) is 0. The van der Waals surface area contributed by atoms with Crippen LogP contribution in [0.2, 0.25) is 0 Å². The molecule has 0 unspecified atom stereocenters. The molecule has 0 radical (unpaired) electrons. The lowest BCUT2D eigenvalue weighted by Gasteiger charge is -2.42. The van der Waals surface area contributed by atoms with Crippen molar-refractivity contribution in [2.24, 2.45) is 0 Å². The molecule has 34 heavy (non-hydrogen) atoms. The van der Waals surface area contributed by atoms with Gasteiger partial charge >= 0.3 is 0 Å². The van der Waals surface area contributed by atoms with Gasteiger partial charge in [0.25, 0.3) is 0 Å². The zero-order chi connectivity index (χ0) is 22.9. The van der Waals surface area contributed by atoms with E-state index in [1.54, 1.807) is 0 Å². The second kappa shape index (κ2) is 6.81. The molecule has 0 N–H and O–H groups in total. The zero-order valence-corrected chi connectivity index (χ0v) is 18.9. The van der Waals surface area contributed by atoms with E-state index >= 15 is 0 Å². The van der Waals surface area contributed by atoms with E-state index in [9.17, 15) is 0 Å². The SMILES string of the molecule is CC1(C)c2ccccc2N2c3cccc(c3)-c3cccc(n3)Oc3ccn(n3)-c3ccc1c2c3. The average Bonchev–Trinajstić information content (AvgIpc) is 3.32. The van der Waals surface area contributed by atoms with Crippen LogP contribution < -0.4 is 9.64 Å². The molecule has 0 amide bonds. The second-order valence-electron chi connectivity index (χ2n) is 9.29. The Hall–Kier alpha value is -4.38. The highest BCUT2D eigenvalue weighted by atomic mass is 16.5. The summed E-state index contributed by atoms with van der Waals surface area (Å²) in [5.74, 6) is 1.03. The summed E-state index contributed by atoms with van der Waals surface area (Å²) in [6.45, 7) is 4.59. The van der Waals surface area contributed by atoms with Gasteiger partial charge < -0.3 is 9.64 Å². The van der Waals surface area contributed by atoms with E-state index in [4.69, 9.17) is 9.72 Å². The molecule has 2 aliphatic heterocycles. The van der Waals surface area contributed by atoms with Crippen molar-refractivity contribution in [2.75, 3.05) is 4.90 Å². The van der Waals surface area contributed by atoms with Crippen LogP contribution in [0.3, 0.4) is 0 Å². The summed E-state index contributed by atoms with van der Waals surface area (Å²) in [6.07, 6.45) is 1.92. The van der Waals surface area contributed by atoms with Crippen LogP contribution in [0, 0.1) is 0 Å². The van der Waals surface area contributed by atoms with E-state index in [1.165, 1.54) is 16.8 Å². The summed E-state index contributed by atoms with van der Waals surface area (Å²) in [4.78, 5) is 7.12. The topological polar surface area (TPSA) is 43.2 Å². The zero-order valence-electron chi connectivity index (χ0n) is 18.9. The lowest BCUT2D eigenvalue weighted by atomic mass is 9.73. The van der Waals surface area contributed by atoms with E-state index in [-0.39, 0.29) is 5.41 Å². The second-order valence-corrected chi connectivity index (χ2v) is 9.29. The summed E-state index contributed by atoms with van der Waals surface area (Å²) in [5.41, 5.74) is 8.73. The fourth-order valence-electron chi connectivity index (χ4n) is 5.18. The number of benzene rings is 3. The quantitative estimate of drug-likeness (QED) is 0.251. The van der Waals surface area contributed by atoms with Crippen LogP contribution in [0.25, 0.3) is 16.9 Å². The van der Waals surface area contributed by atoms with Crippen LogP contribution in [-0.4, -0.2) is 14.8 Å². The number of pyridine rings is 1. The summed E-state index contributed by atoms with van der Waals surface area (Å²) in [5, 5.41) is 4.67. The van der Waals surface area contributed by atoms with Gasteiger partial charge in [0.2, 0.25) is 11.8 Å². The van der Waals surface area contributed by atoms with Gasteiger partial charge in [-0.15, -0.1) is 5.10 Å². The Labute approximate surface area is 197 Å². The van der Waals surface area contributed by atoms with E-state index in [0.717, 1.165) is 28.3 Å². The van der Waals surface area contributed by atoms with Gasteiger partial charge in [0.05, 0.1) is 22.8 Å². The van der Waals surface area contributed by atoms with Gasteiger partial charge in [-0.1, -0.05) is 56.3 Å². The molecule has 0 aliphatic carbocycles. The number of rotatable bonds is 0. The standard InChI is InChI=1S/C29H22N4O/c1-29(2)22-9-3-4-11-25(22)33-21-8-5-7-19(17-21)24-10-6-12-27(30-24)34-28-15-16-32(31-28)20-13-14-23(29)26(33)18-20/h3-18H,1-2H3. The Morgan fingerprint density at radius 3 is 2.50 bits per heavy atom. The molecule has 5 nitrogen and oxygen atoms in total. The maximum absolute atomic E-state index is 5.99. The van der Waals surface area contributed by atoms with Crippen molar-refractivity contribution < 1.29 is 4.74 Å². The number of nitrogens with zero attached hydrogens (tertiary/aromatic N) is 4. The van der Waals surface area contributed by atoms with Crippen molar-refractivity contribution in [3.05, 3.63) is 108 Å². The van der Waals surface area contributed by atoms with Crippen molar-refractivity contribution in [2.45, 2.75) is 19.3 Å². The predicted molar refractivity (Wildman–Crippen MR) is 134 cm³/mol. The Morgan fingerprint density at radius 2 is 1.56 bits per heavy atom. The third-order valence-corrected chi connectivity index (χ3v) is 6.88. The molecule has 0 saturated carbocycles. The van der Waals surface area contributed by atoms with Crippen LogP contribution in [0.5, 0.6) is 11.8 Å². The van der Waals surface area contributed by atoms with E-state index in [1.807, 2.05) is 35.1 Å². The highest BCUT2D eigenvalue weighted by Gasteiger charge is 2.37. The van der Waals surface area contributed by atoms with Gasteiger partial charge in [0.1, 0.15) is 0 Å². The van der Waals surface area contributed by atoms with Crippen molar-refractivity contribution in [1.29, 1.82) is 0 Å². The van der Waals surface area contributed by atoms with Gasteiger partial charge in [-0.2, -0.15) is 0 Å². The Bertz CT molecular complexity index is 1580. The number of ether oxygens (including phenoxy) is 1. The smallest absolute Gasteiger partial charge is 0.240 e. The van der Waals surface area contributed by atoms with Gasteiger partial charge in [-0.3, -0.25) is 0 Å². The molecule has 164 valence electrons. The molecule has 3 aromatic carbocycles. The molecular formula is C29H22N4O. The van der Waals surface area contributed by atoms with Gasteiger partial charge in [0, 0.05) is 35.0 Å². The molecule has 8 bridgehead atoms. The molecule has 0 spiro atoms. The number of fused-ring (bicyclic) bond motifs is 12. The first-order valence-corrected chi connectivity index (χ1v) is 11.4. The third-order valence-electron chi connectivity index (χ3n) is 6.88. The van der Waals surface area contributed by atoms with E-state index in [2.05, 4.69) is 90.6 Å². The number of anilines is 3. The highest BCUT2D eigenvalue weighted by Crippen LogP contribution is 2.52. The van der Waals surface area contributed by atoms with Crippen molar-refractivity contribution >= 4 is 17.1 Å². The van der Waals surface area contributed by atoms with Crippen molar-refractivity contribution in [3.8, 4) is 28.7 Å². The minimum atomic E-state index is -0.141. The molecule has 7 rings (SSSR count). The Balaban J connectivity index is 1.57. The van der Waals surface area contributed by atoms with Crippen LogP contribution in [-0.2, 0) is 5.41 Å². The molecule has 5 aromatic rings. The number of para-hydroxylation sites is 1. The molecule has 0 atom stereocenters. The Morgan fingerprint density at radius 1 is 0.706 bits per heavy atom. The molecule has 2 aromatic heterocycles. The van der Waals surface area contributed by atoms with Crippen molar-refractivity contribution in [3.63, 3.8) is 0 Å². The molecule has 2 aliphatic rings. The average molecular weight is 443 g/mol. The summed E-state index contributed by atoms with van der Waals surface area (Å²) in [7, 11) is 0. The molecular weight excluding hydrogens is 420 g/mol. The Kier molecular flexibility index (Phi) is 3.83.